The highest BCUT2D eigenvalue weighted by Crippen LogP contribution is 2.23. The maximum Gasteiger partial charge on any atom is 0.295 e. The lowest BCUT2D eigenvalue weighted by atomic mass is 10.2. The minimum atomic E-state index is -0.774. The van der Waals surface area contributed by atoms with E-state index in [1.807, 2.05) is 0 Å². The van der Waals surface area contributed by atoms with Crippen LogP contribution in [0.2, 0.25) is 0 Å². The highest BCUT2D eigenvalue weighted by Gasteiger charge is 2.18. The minimum absolute atomic E-state index is 0.00500. The van der Waals surface area contributed by atoms with E-state index in [0.717, 1.165) is 10.3 Å². The highest BCUT2D eigenvalue weighted by atomic mass is 16.7. The lowest BCUT2D eigenvalue weighted by Crippen LogP contribution is -2.32. The number of hydrogen-bond donors (Lipinski definition) is 1. The van der Waals surface area contributed by atoms with Crippen LogP contribution < -0.4 is 20.5 Å². The molecule has 9 heteroatoms. The second kappa shape index (κ2) is 8.70. The Labute approximate surface area is 165 Å². The molecule has 1 aromatic heterocycles. The molecule has 0 aliphatic carbocycles. The quantitative estimate of drug-likeness (QED) is 0.486. The van der Waals surface area contributed by atoms with Gasteiger partial charge in [0.1, 0.15) is 23.6 Å². The number of methoxy groups -OCH3 is 1. The van der Waals surface area contributed by atoms with Gasteiger partial charge in [-0.15, -0.1) is 0 Å². The molecule has 3 aromatic rings. The van der Waals surface area contributed by atoms with Crippen molar-refractivity contribution >= 4 is 17.3 Å². The van der Waals surface area contributed by atoms with E-state index in [2.05, 4.69) is 5.32 Å². The van der Waals surface area contributed by atoms with Crippen LogP contribution in [0.1, 0.15) is 15.9 Å². The second-order valence-electron chi connectivity index (χ2n) is 5.91. The maximum absolute atomic E-state index is 12.6. The summed E-state index contributed by atoms with van der Waals surface area (Å²) < 4.78 is 6.08. The predicted octanol–water partition coefficient (Wildman–Crippen LogP) is 2.65. The second-order valence-corrected chi connectivity index (χ2v) is 5.91. The van der Waals surface area contributed by atoms with Crippen molar-refractivity contribution in [1.82, 2.24) is 4.73 Å². The molecule has 0 aliphatic heterocycles. The number of nitrogens with one attached hydrogen (secondary N) is 1. The molecule has 1 N–H and O–H groups in total. The number of carbonyl (C=O) groups excluding carboxylic acids is 1. The average molecular weight is 395 g/mol. The summed E-state index contributed by atoms with van der Waals surface area (Å²) in [5.41, 5.74) is -0.408. The molecule has 148 valence electrons. The van der Waals surface area contributed by atoms with Crippen molar-refractivity contribution in [2.24, 2.45) is 0 Å². The van der Waals surface area contributed by atoms with Crippen molar-refractivity contribution in [2.45, 2.75) is 6.61 Å². The summed E-state index contributed by atoms with van der Waals surface area (Å²) in [4.78, 5) is 41.0. The van der Waals surface area contributed by atoms with E-state index in [4.69, 9.17) is 9.57 Å². The molecule has 0 bridgehead atoms. The summed E-state index contributed by atoms with van der Waals surface area (Å²) in [5.74, 6) is -0.125. The number of amides is 1. The number of anilines is 1. The number of para-hydroxylation sites is 2. The Hall–Kier alpha value is -4.14. The Morgan fingerprint density at radius 1 is 1.14 bits per heavy atom. The fourth-order valence-electron chi connectivity index (χ4n) is 2.58. The first-order chi connectivity index (χ1) is 14.0. The Morgan fingerprint density at radius 3 is 2.69 bits per heavy atom. The lowest BCUT2D eigenvalue weighted by molar-refractivity contribution is -0.383. The lowest BCUT2D eigenvalue weighted by Gasteiger charge is -2.11. The van der Waals surface area contributed by atoms with E-state index in [9.17, 15) is 19.7 Å². The van der Waals surface area contributed by atoms with Crippen molar-refractivity contribution in [1.29, 1.82) is 0 Å². The first-order valence-corrected chi connectivity index (χ1v) is 8.52. The van der Waals surface area contributed by atoms with Gasteiger partial charge in [-0.05, 0) is 35.9 Å². The van der Waals surface area contributed by atoms with Gasteiger partial charge in [0.15, 0.2) is 0 Å². The van der Waals surface area contributed by atoms with Crippen LogP contribution in [0.3, 0.4) is 0 Å². The fourth-order valence-corrected chi connectivity index (χ4v) is 2.58. The van der Waals surface area contributed by atoms with E-state index in [1.165, 1.54) is 36.5 Å². The highest BCUT2D eigenvalue weighted by molar-refractivity contribution is 6.05. The van der Waals surface area contributed by atoms with Gasteiger partial charge in [0, 0.05) is 12.3 Å². The van der Waals surface area contributed by atoms with Gasteiger partial charge in [-0.2, -0.15) is 4.73 Å². The van der Waals surface area contributed by atoms with Crippen LogP contribution in [0, 0.1) is 10.1 Å². The van der Waals surface area contributed by atoms with Crippen molar-refractivity contribution in [3.8, 4) is 5.75 Å². The van der Waals surface area contributed by atoms with Crippen LogP contribution >= 0.6 is 0 Å². The van der Waals surface area contributed by atoms with Gasteiger partial charge in [-0.3, -0.25) is 19.7 Å². The van der Waals surface area contributed by atoms with Gasteiger partial charge in [0.05, 0.1) is 12.0 Å². The third-order valence-corrected chi connectivity index (χ3v) is 4.01. The standard InChI is InChI=1S/C20H17N3O6/c1-28-15-7-4-6-14(12-15)13-29-22-11-5-8-16(20(22)25)19(24)21-17-9-2-3-10-18(17)23(26)27/h2-12H,13H2,1H3,(H,21,24). The molecule has 0 saturated heterocycles. The molecule has 0 atom stereocenters. The molecular formula is C20H17N3O6. The zero-order valence-electron chi connectivity index (χ0n) is 15.4. The Morgan fingerprint density at radius 2 is 1.93 bits per heavy atom. The molecular weight excluding hydrogens is 378 g/mol. The number of hydrogen-bond acceptors (Lipinski definition) is 6. The van der Waals surface area contributed by atoms with E-state index >= 15 is 0 Å². The molecule has 1 amide bonds. The largest absolute Gasteiger partial charge is 0.497 e. The Kier molecular flexibility index (Phi) is 5.88. The van der Waals surface area contributed by atoms with Crippen molar-refractivity contribution < 1.29 is 19.3 Å². The first-order valence-electron chi connectivity index (χ1n) is 8.52. The molecule has 0 spiro atoms. The van der Waals surface area contributed by atoms with Crippen molar-refractivity contribution in [3.05, 3.63) is 98.5 Å². The number of pyridine rings is 1. The van der Waals surface area contributed by atoms with E-state index < -0.39 is 16.4 Å². The monoisotopic (exact) mass is 395 g/mol. The molecule has 29 heavy (non-hydrogen) atoms. The minimum Gasteiger partial charge on any atom is -0.497 e. The summed E-state index contributed by atoms with van der Waals surface area (Å²) in [5, 5.41) is 13.5. The van der Waals surface area contributed by atoms with Crippen molar-refractivity contribution in [2.75, 3.05) is 12.4 Å². The Balaban J connectivity index is 1.78. The molecule has 9 nitrogen and oxygen atoms in total. The molecule has 0 radical (unpaired) electrons. The first kappa shape index (κ1) is 19.6. The molecule has 1 heterocycles. The Bertz CT molecular complexity index is 1110. The maximum atomic E-state index is 12.6. The number of carbonyl (C=O) groups is 1. The van der Waals surface area contributed by atoms with E-state index in [-0.39, 0.29) is 23.5 Å². The molecule has 0 unspecified atom stereocenters. The number of rotatable bonds is 7. The van der Waals surface area contributed by atoms with Gasteiger partial charge < -0.3 is 14.9 Å². The van der Waals surface area contributed by atoms with Crippen LogP contribution in [0.25, 0.3) is 0 Å². The molecule has 2 aromatic carbocycles. The SMILES string of the molecule is COc1cccc(COn2cccc(C(=O)Nc3ccccc3[N+](=O)[O-])c2=O)c1. The summed E-state index contributed by atoms with van der Waals surface area (Å²) >= 11 is 0. The number of benzene rings is 2. The molecule has 3 rings (SSSR count). The topological polar surface area (TPSA) is 113 Å². The molecule has 0 aliphatic rings. The van der Waals surface area contributed by atoms with Crippen LogP contribution in [0.4, 0.5) is 11.4 Å². The van der Waals surface area contributed by atoms with Crippen LogP contribution in [0.15, 0.2) is 71.7 Å². The van der Waals surface area contributed by atoms with Gasteiger partial charge in [0.25, 0.3) is 17.2 Å². The van der Waals surface area contributed by atoms with Crippen LogP contribution in [-0.2, 0) is 6.61 Å². The van der Waals surface area contributed by atoms with Gasteiger partial charge in [-0.1, -0.05) is 24.3 Å². The number of nitrogens with zero attached hydrogens (tertiary/aromatic N) is 2. The third-order valence-electron chi connectivity index (χ3n) is 4.01. The third kappa shape index (κ3) is 4.59. The van der Waals surface area contributed by atoms with Gasteiger partial charge in [0.2, 0.25) is 0 Å². The zero-order chi connectivity index (χ0) is 20.8. The number of nitro benzene ring substituents is 1. The predicted molar refractivity (Wildman–Crippen MR) is 105 cm³/mol. The number of ether oxygens (including phenoxy) is 1. The summed E-state index contributed by atoms with van der Waals surface area (Å²) in [6.45, 7) is 0.0757. The fraction of sp³-hybridized carbons (Fsp3) is 0.100. The summed E-state index contributed by atoms with van der Waals surface area (Å²) in [7, 11) is 1.55. The number of aromatic nitrogens is 1. The van der Waals surface area contributed by atoms with Crippen LogP contribution in [-0.4, -0.2) is 22.7 Å². The van der Waals surface area contributed by atoms with Gasteiger partial charge in [-0.25, -0.2) is 0 Å². The summed E-state index contributed by atoms with van der Waals surface area (Å²) in [6.07, 6.45) is 1.38. The smallest absolute Gasteiger partial charge is 0.295 e. The van der Waals surface area contributed by atoms with E-state index in [0.29, 0.717) is 5.75 Å². The zero-order valence-corrected chi connectivity index (χ0v) is 15.4. The normalized spacial score (nSPS) is 10.2. The number of nitro groups is 1. The molecule has 0 saturated carbocycles. The average Bonchev–Trinajstić information content (AvgIpc) is 2.73. The van der Waals surface area contributed by atoms with E-state index in [1.54, 1.807) is 37.4 Å². The molecule has 0 fully saturated rings. The van der Waals surface area contributed by atoms with Crippen LogP contribution in [0.5, 0.6) is 5.75 Å². The summed E-state index contributed by atoms with van der Waals surface area (Å²) in [6, 6.07) is 15.6. The van der Waals surface area contributed by atoms with Gasteiger partial charge >= 0.3 is 0 Å². The van der Waals surface area contributed by atoms with Crippen molar-refractivity contribution in [3.63, 3.8) is 0 Å².